The van der Waals surface area contributed by atoms with Crippen LogP contribution in [0, 0.1) is 0 Å². The highest BCUT2D eigenvalue weighted by Crippen LogP contribution is 2.22. The van der Waals surface area contributed by atoms with Gasteiger partial charge in [0.15, 0.2) is 10.7 Å². The predicted octanol–water partition coefficient (Wildman–Crippen LogP) is 3.03. The molecule has 1 N–H and O–H groups in total. The molecule has 0 aliphatic carbocycles. The first-order valence-corrected chi connectivity index (χ1v) is 7.32. The molecule has 2 heterocycles. The van der Waals surface area contributed by atoms with E-state index in [2.05, 4.69) is 9.97 Å². The third kappa shape index (κ3) is 2.45. The van der Waals surface area contributed by atoms with Gasteiger partial charge in [-0.3, -0.25) is 4.79 Å². The van der Waals surface area contributed by atoms with Gasteiger partial charge in [-0.05, 0) is 13.0 Å². The van der Waals surface area contributed by atoms with Crippen molar-refractivity contribution in [3.63, 3.8) is 0 Å². The summed E-state index contributed by atoms with van der Waals surface area (Å²) in [6.07, 6.45) is 1.67. The van der Waals surface area contributed by atoms with Crippen LogP contribution in [0.4, 0.5) is 0 Å². The highest BCUT2D eigenvalue weighted by molar-refractivity contribution is 7.12. The van der Waals surface area contributed by atoms with Crippen molar-refractivity contribution in [3.8, 4) is 0 Å². The van der Waals surface area contributed by atoms with Crippen molar-refractivity contribution < 1.29 is 14.3 Å². The van der Waals surface area contributed by atoms with Crippen molar-refractivity contribution in [2.75, 3.05) is 6.61 Å². The number of hydrogen-bond donors (Lipinski definition) is 1. The normalized spacial score (nSPS) is 10.7. The molecule has 0 fully saturated rings. The minimum absolute atomic E-state index is 0.171. The van der Waals surface area contributed by atoms with Crippen LogP contribution in [0.25, 0.3) is 10.9 Å². The molecule has 5 nitrogen and oxygen atoms in total. The van der Waals surface area contributed by atoms with Crippen molar-refractivity contribution in [2.45, 2.75) is 6.92 Å². The molecular formula is C15H12N2O3S. The van der Waals surface area contributed by atoms with E-state index in [1.54, 1.807) is 18.5 Å². The number of nitrogens with one attached hydrogen (secondary N) is 1. The molecule has 3 aromatic rings. The van der Waals surface area contributed by atoms with E-state index in [0.717, 1.165) is 22.2 Å². The second-order valence-corrected chi connectivity index (χ2v) is 5.19. The van der Waals surface area contributed by atoms with Crippen LogP contribution in [0.1, 0.15) is 32.8 Å². The number of hydrogen-bond acceptors (Lipinski definition) is 5. The average molecular weight is 300 g/mol. The molecular weight excluding hydrogens is 288 g/mol. The summed E-state index contributed by atoms with van der Waals surface area (Å²) in [5, 5.41) is 2.67. The summed E-state index contributed by atoms with van der Waals surface area (Å²) in [7, 11) is 0. The molecule has 2 aromatic heterocycles. The van der Waals surface area contributed by atoms with E-state index >= 15 is 0 Å². The number of carbonyl (C=O) groups excluding carboxylic acids is 2. The van der Waals surface area contributed by atoms with Crippen LogP contribution in [0.15, 0.2) is 35.8 Å². The van der Waals surface area contributed by atoms with Gasteiger partial charge in [0.2, 0.25) is 5.78 Å². The second-order valence-electron chi connectivity index (χ2n) is 4.34. The number of ketones is 1. The summed E-state index contributed by atoms with van der Waals surface area (Å²) in [6.45, 7) is 2.00. The summed E-state index contributed by atoms with van der Waals surface area (Å²) >= 11 is 1.14. The summed E-state index contributed by atoms with van der Waals surface area (Å²) in [5.74, 6) is -0.709. The van der Waals surface area contributed by atoms with Gasteiger partial charge in [0.1, 0.15) is 0 Å². The number of nitrogens with zero attached hydrogens (tertiary/aromatic N) is 1. The number of para-hydroxylation sites is 1. The number of fused-ring (bicyclic) bond motifs is 1. The molecule has 0 saturated heterocycles. The topological polar surface area (TPSA) is 72.1 Å². The minimum Gasteiger partial charge on any atom is -0.461 e. The zero-order chi connectivity index (χ0) is 14.8. The van der Waals surface area contributed by atoms with Crippen LogP contribution in [-0.4, -0.2) is 28.3 Å². The van der Waals surface area contributed by atoms with Gasteiger partial charge in [-0.1, -0.05) is 18.2 Å². The highest BCUT2D eigenvalue weighted by Gasteiger charge is 2.20. The first-order valence-electron chi connectivity index (χ1n) is 6.44. The molecule has 0 bridgehead atoms. The Morgan fingerprint density at radius 1 is 1.33 bits per heavy atom. The lowest BCUT2D eigenvalue weighted by molar-refractivity contribution is 0.0520. The summed E-state index contributed by atoms with van der Waals surface area (Å²) < 4.78 is 4.87. The monoisotopic (exact) mass is 300 g/mol. The quantitative estimate of drug-likeness (QED) is 0.594. The fourth-order valence-electron chi connectivity index (χ4n) is 2.05. The number of ether oxygens (including phenoxy) is 1. The molecule has 106 valence electrons. The molecule has 0 saturated carbocycles. The van der Waals surface area contributed by atoms with Crippen molar-refractivity contribution in [2.24, 2.45) is 0 Å². The van der Waals surface area contributed by atoms with E-state index in [1.807, 2.05) is 24.3 Å². The van der Waals surface area contributed by atoms with E-state index < -0.39 is 5.97 Å². The smallest absolute Gasteiger partial charge is 0.357 e. The largest absolute Gasteiger partial charge is 0.461 e. The van der Waals surface area contributed by atoms with Crippen LogP contribution < -0.4 is 0 Å². The zero-order valence-electron chi connectivity index (χ0n) is 11.3. The van der Waals surface area contributed by atoms with Crippen molar-refractivity contribution >= 4 is 34.0 Å². The Hall–Kier alpha value is -2.47. The Bertz CT molecular complexity index is 819. The molecule has 0 aliphatic rings. The van der Waals surface area contributed by atoms with Crippen molar-refractivity contribution in [3.05, 3.63) is 52.1 Å². The molecule has 0 spiro atoms. The molecule has 0 aliphatic heterocycles. The lowest BCUT2D eigenvalue weighted by Crippen LogP contribution is -2.06. The third-order valence-corrected chi connectivity index (χ3v) is 3.86. The van der Waals surface area contributed by atoms with Crippen molar-refractivity contribution in [1.82, 2.24) is 9.97 Å². The summed E-state index contributed by atoms with van der Waals surface area (Å²) in [6, 6.07) is 7.55. The van der Waals surface area contributed by atoms with Gasteiger partial charge in [0, 0.05) is 22.5 Å². The lowest BCUT2D eigenvalue weighted by atomic mass is 10.1. The number of esters is 1. The SMILES string of the molecule is CCOC(=O)c1csc(C(=O)c2c[nH]c3ccccc23)n1. The van der Waals surface area contributed by atoms with Crippen LogP contribution in [0.2, 0.25) is 0 Å². The van der Waals surface area contributed by atoms with Gasteiger partial charge < -0.3 is 9.72 Å². The maximum Gasteiger partial charge on any atom is 0.357 e. The number of carbonyl (C=O) groups is 2. The molecule has 3 rings (SSSR count). The fourth-order valence-corrected chi connectivity index (χ4v) is 2.79. The molecule has 0 radical (unpaired) electrons. The third-order valence-electron chi connectivity index (χ3n) is 3.02. The Labute approximate surface area is 124 Å². The molecule has 6 heteroatoms. The number of thiazole rings is 1. The van der Waals surface area contributed by atoms with Crippen molar-refractivity contribution in [1.29, 1.82) is 0 Å². The van der Waals surface area contributed by atoms with E-state index in [4.69, 9.17) is 4.74 Å². The lowest BCUT2D eigenvalue weighted by Gasteiger charge is -1.97. The zero-order valence-corrected chi connectivity index (χ0v) is 12.1. The Morgan fingerprint density at radius 2 is 2.14 bits per heavy atom. The van der Waals surface area contributed by atoms with Crippen LogP contribution in [-0.2, 0) is 4.74 Å². The fraction of sp³-hybridized carbons (Fsp3) is 0.133. The van der Waals surface area contributed by atoms with E-state index in [9.17, 15) is 9.59 Å². The first-order chi connectivity index (χ1) is 10.2. The Kier molecular flexibility index (Phi) is 3.53. The molecule has 0 amide bonds. The van der Waals surface area contributed by atoms with Gasteiger partial charge in [0.05, 0.1) is 12.2 Å². The summed E-state index contributed by atoms with van der Waals surface area (Å²) in [4.78, 5) is 31.2. The Morgan fingerprint density at radius 3 is 2.95 bits per heavy atom. The van der Waals surface area contributed by atoms with Gasteiger partial charge >= 0.3 is 5.97 Å². The maximum absolute atomic E-state index is 12.5. The minimum atomic E-state index is -0.508. The number of H-pyrrole nitrogens is 1. The second kappa shape index (κ2) is 5.49. The van der Waals surface area contributed by atoms with Crippen LogP contribution in [0.5, 0.6) is 0 Å². The van der Waals surface area contributed by atoms with Gasteiger partial charge in [-0.15, -0.1) is 11.3 Å². The molecule has 21 heavy (non-hydrogen) atoms. The Balaban J connectivity index is 1.94. The van der Waals surface area contributed by atoms with E-state index in [0.29, 0.717) is 5.56 Å². The predicted molar refractivity (Wildman–Crippen MR) is 79.8 cm³/mol. The molecule has 0 unspecified atom stereocenters. The maximum atomic E-state index is 12.5. The van der Waals surface area contributed by atoms with Gasteiger partial charge in [0.25, 0.3) is 0 Å². The number of aromatic nitrogens is 2. The van der Waals surface area contributed by atoms with E-state index in [-0.39, 0.29) is 23.1 Å². The molecule has 1 aromatic carbocycles. The average Bonchev–Trinajstić information content (AvgIpc) is 3.14. The number of benzene rings is 1. The van der Waals surface area contributed by atoms with Crippen LogP contribution >= 0.6 is 11.3 Å². The highest BCUT2D eigenvalue weighted by atomic mass is 32.1. The summed E-state index contributed by atoms with van der Waals surface area (Å²) in [5.41, 5.74) is 1.61. The number of rotatable bonds is 4. The van der Waals surface area contributed by atoms with Gasteiger partial charge in [-0.2, -0.15) is 0 Å². The molecule has 0 atom stereocenters. The van der Waals surface area contributed by atoms with Gasteiger partial charge in [-0.25, -0.2) is 9.78 Å². The number of aromatic amines is 1. The van der Waals surface area contributed by atoms with E-state index in [1.165, 1.54) is 0 Å². The van der Waals surface area contributed by atoms with Crippen LogP contribution in [0.3, 0.4) is 0 Å². The first kappa shape index (κ1) is 13.5. The standard InChI is InChI=1S/C15H12N2O3S/c1-2-20-15(19)12-8-21-14(17-12)13(18)10-7-16-11-6-4-3-5-9(10)11/h3-8,16H,2H2,1H3.